The number of hydrogen-bond acceptors (Lipinski definition) is 3. The quantitative estimate of drug-likeness (QED) is 0.806. The second-order valence-electron chi connectivity index (χ2n) is 5.52. The van der Waals surface area contributed by atoms with Crippen LogP contribution < -0.4 is 5.32 Å². The average Bonchev–Trinajstić information content (AvgIpc) is 2.88. The summed E-state index contributed by atoms with van der Waals surface area (Å²) in [6, 6.07) is 0. The van der Waals surface area contributed by atoms with Gasteiger partial charge in [0.15, 0.2) is 0 Å². The van der Waals surface area contributed by atoms with Gasteiger partial charge >= 0.3 is 0 Å². The highest BCUT2D eigenvalue weighted by Crippen LogP contribution is 2.19. The van der Waals surface area contributed by atoms with E-state index in [0.29, 0.717) is 6.10 Å². The molecule has 2 aliphatic heterocycles. The van der Waals surface area contributed by atoms with Gasteiger partial charge in [-0.05, 0) is 64.2 Å². The van der Waals surface area contributed by atoms with Crippen molar-refractivity contribution in [1.29, 1.82) is 0 Å². The van der Waals surface area contributed by atoms with Crippen molar-refractivity contribution >= 4 is 12.4 Å². The van der Waals surface area contributed by atoms with Crippen molar-refractivity contribution in [1.82, 2.24) is 10.2 Å². The molecule has 0 aromatic heterocycles. The Morgan fingerprint density at radius 3 is 2.61 bits per heavy atom. The first-order valence-corrected chi connectivity index (χ1v) is 7.43. The molecule has 1 atom stereocenters. The summed E-state index contributed by atoms with van der Waals surface area (Å²) >= 11 is 0. The molecule has 0 spiro atoms. The molecule has 0 aromatic rings. The Bertz CT molecular complexity index is 202. The summed E-state index contributed by atoms with van der Waals surface area (Å²) in [5.41, 5.74) is 0. The van der Waals surface area contributed by atoms with Gasteiger partial charge in [-0.2, -0.15) is 0 Å². The summed E-state index contributed by atoms with van der Waals surface area (Å²) in [5.74, 6) is 0.911. The lowest BCUT2D eigenvalue weighted by atomic mass is 9.96. The smallest absolute Gasteiger partial charge is 0.0588 e. The van der Waals surface area contributed by atoms with Gasteiger partial charge in [0.25, 0.3) is 0 Å². The summed E-state index contributed by atoms with van der Waals surface area (Å²) in [6.45, 7) is 9.35. The lowest BCUT2D eigenvalue weighted by Gasteiger charge is -2.32. The van der Waals surface area contributed by atoms with Crippen molar-refractivity contribution in [2.75, 3.05) is 39.3 Å². The van der Waals surface area contributed by atoms with E-state index in [1.807, 2.05) is 0 Å². The molecule has 2 fully saturated rings. The summed E-state index contributed by atoms with van der Waals surface area (Å²) in [4.78, 5) is 2.63. The molecule has 0 radical (unpaired) electrons. The van der Waals surface area contributed by atoms with Crippen LogP contribution in [0.4, 0.5) is 0 Å². The van der Waals surface area contributed by atoms with E-state index in [1.54, 1.807) is 0 Å². The third kappa shape index (κ3) is 5.43. The molecular weight excluding hydrogens is 248 g/mol. The number of piperidine rings is 1. The standard InChI is InChI=1S/C14H28N2O.ClH/c1-2-15-12-13-5-8-16(9-6-13)10-7-14-4-3-11-17-14;/h13-15H,2-12H2,1H3;1H. The van der Waals surface area contributed by atoms with Crippen LogP contribution >= 0.6 is 12.4 Å². The highest BCUT2D eigenvalue weighted by molar-refractivity contribution is 5.85. The number of halogens is 1. The van der Waals surface area contributed by atoms with E-state index in [9.17, 15) is 0 Å². The van der Waals surface area contributed by atoms with Gasteiger partial charge in [0.05, 0.1) is 6.10 Å². The lowest BCUT2D eigenvalue weighted by molar-refractivity contribution is 0.0850. The number of hydrogen-bond donors (Lipinski definition) is 1. The minimum Gasteiger partial charge on any atom is -0.378 e. The fourth-order valence-corrected chi connectivity index (χ4v) is 2.96. The SMILES string of the molecule is CCNCC1CCN(CCC2CCCO2)CC1.Cl. The number of likely N-dealkylation sites (tertiary alicyclic amines) is 1. The van der Waals surface area contributed by atoms with Crippen LogP contribution in [0.1, 0.15) is 39.0 Å². The summed E-state index contributed by atoms with van der Waals surface area (Å²) in [7, 11) is 0. The molecule has 2 heterocycles. The Morgan fingerprint density at radius 2 is 2.00 bits per heavy atom. The Hall–Kier alpha value is 0.170. The van der Waals surface area contributed by atoms with Gasteiger partial charge < -0.3 is 15.0 Å². The number of nitrogens with zero attached hydrogens (tertiary/aromatic N) is 1. The number of nitrogens with one attached hydrogen (secondary N) is 1. The highest BCUT2D eigenvalue weighted by atomic mass is 35.5. The molecule has 0 amide bonds. The van der Waals surface area contributed by atoms with Crippen LogP contribution in [0.5, 0.6) is 0 Å². The monoisotopic (exact) mass is 276 g/mol. The Balaban J connectivity index is 0.00000162. The second kappa shape index (κ2) is 9.13. The van der Waals surface area contributed by atoms with E-state index < -0.39 is 0 Å². The first-order valence-electron chi connectivity index (χ1n) is 7.43. The molecular formula is C14H29ClN2O. The fraction of sp³-hybridized carbons (Fsp3) is 1.00. The van der Waals surface area contributed by atoms with E-state index in [1.165, 1.54) is 58.3 Å². The van der Waals surface area contributed by atoms with Crippen LogP contribution in [-0.4, -0.2) is 50.3 Å². The maximum atomic E-state index is 5.68. The largest absolute Gasteiger partial charge is 0.378 e. The van der Waals surface area contributed by atoms with Crippen LogP contribution in [0.15, 0.2) is 0 Å². The van der Waals surface area contributed by atoms with E-state index in [0.717, 1.165) is 19.1 Å². The number of ether oxygens (including phenoxy) is 1. The van der Waals surface area contributed by atoms with Crippen molar-refractivity contribution < 1.29 is 4.74 Å². The zero-order valence-corrected chi connectivity index (χ0v) is 12.5. The van der Waals surface area contributed by atoms with Crippen LogP contribution in [0.3, 0.4) is 0 Å². The lowest BCUT2D eigenvalue weighted by Crippen LogP contribution is -2.38. The molecule has 108 valence electrons. The predicted octanol–water partition coefficient (Wildman–Crippen LogP) is 2.30. The van der Waals surface area contributed by atoms with E-state index in [4.69, 9.17) is 4.74 Å². The minimum atomic E-state index is 0. The third-order valence-corrected chi connectivity index (χ3v) is 4.18. The minimum absolute atomic E-state index is 0. The summed E-state index contributed by atoms with van der Waals surface area (Å²) in [5, 5.41) is 3.47. The molecule has 0 bridgehead atoms. The Labute approximate surface area is 118 Å². The molecule has 4 heteroatoms. The van der Waals surface area contributed by atoms with Gasteiger partial charge in [0, 0.05) is 13.2 Å². The van der Waals surface area contributed by atoms with Crippen molar-refractivity contribution in [2.24, 2.45) is 5.92 Å². The molecule has 2 rings (SSSR count). The van der Waals surface area contributed by atoms with Crippen molar-refractivity contribution in [3.05, 3.63) is 0 Å². The van der Waals surface area contributed by atoms with Crippen molar-refractivity contribution in [2.45, 2.75) is 45.1 Å². The van der Waals surface area contributed by atoms with Gasteiger partial charge in [-0.25, -0.2) is 0 Å². The van der Waals surface area contributed by atoms with E-state index >= 15 is 0 Å². The van der Waals surface area contributed by atoms with Gasteiger partial charge in [-0.3, -0.25) is 0 Å². The van der Waals surface area contributed by atoms with Crippen LogP contribution in [-0.2, 0) is 4.74 Å². The van der Waals surface area contributed by atoms with E-state index in [2.05, 4.69) is 17.1 Å². The molecule has 2 aliphatic rings. The summed E-state index contributed by atoms with van der Waals surface area (Å²) < 4.78 is 5.68. The van der Waals surface area contributed by atoms with Gasteiger partial charge in [-0.1, -0.05) is 6.92 Å². The summed E-state index contributed by atoms with van der Waals surface area (Å²) in [6.07, 6.45) is 7.12. The first-order chi connectivity index (χ1) is 8.38. The normalized spacial score (nSPS) is 26.2. The Kier molecular flexibility index (Phi) is 8.23. The van der Waals surface area contributed by atoms with E-state index in [-0.39, 0.29) is 12.4 Å². The molecule has 18 heavy (non-hydrogen) atoms. The van der Waals surface area contributed by atoms with Crippen LogP contribution in [0.25, 0.3) is 0 Å². The second-order valence-corrected chi connectivity index (χ2v) is 5.52. The first kappa shape index (κ1) is 16.2. The van der Waals surface area contributed by atoms with Gasteiger partial charge in [0.1, 0.15) is 0 Å². The molecule has 0 saturated carbocycles. The molecule has 0 aliphatic carbocycles. The van der Waals surface area contributed by atoms with Crippen LogP contribution in [0, 0.1) is 5.92 Å². The Morgan fingerprint density at radius 1 is 1.22 bits per heavy atom. The average molecular weight is 277 g/mol. The molecule has 0 aromatic carbocycles. The fourth-order valence-electron chi connectivity index (χ4n) is 2.96. The maximum Gasteiger partial charge on any atom is 0.0588 e. The zero-order valence-electron chi connectivity index (χ0n) is 11.7. The molecule has 1 unspecified atom stereocenters. The third-order valence-electron chi connectivity index (χ3n) is 4.18. The van der Waals surface area contributed by atoms with Gasteiger partial charge in [0.2, 0.25) is 0 Å². The topological polar surface area (TPSA) is 24.5 Å². The molecule has 1 N–H and O–H groups in total. The van der Waals surface area contributed by atoms with Gasteiger partial charge in [-0.15, -0.1) is 12.4 Å². The molecule has 3 nitrogen and oxygen atoms in total. The predicted molar refractivity (Wildman–Crippen MR) is 78.5 cm³/mol. The van der Waals surface area contributed by atoms with Crippen molar-refractivity contribution in [3.8, 4) is 0 Å². The molecule has 2 saturated heterocycles. The maximum absolute atomic E-state index is 5.68. The highest BCUT2D eigenvalue weighted by Gasteiger charge is 2.21. The zero-order chi connectivity index (χ0) is 11.9. The van der Waals surface area contributed by atoms with Crippen molar-refractivity contribution in [3.63, 3.8) is 0 Å². The number of rotatable bonds is 6. The van der Waals surface area contributed by atoms with Crippen LogP contribution in [0.2, 0.25) is 0 Å².